The topological polar surface area (TPSA) is 84.4 Å². The van der Waals surface area contributed by atoms with Crippen LogP contribution in [0.1, 0.15) is 23.4 Å². The predicted octanol–water partition coefficient (Wildman–Crippen LogP) is 3.30. The van der Waals surface area contributed by atoms with Crippen LogP contribution in [0, 0.1) is 13.8 Å². The fraction of sp³-hybridized carbons (Fsp3) is 0.429. The number of aryl methyl sites for hydroxylation is 2. The molecule has 0 aliphatic carbocycles. The van der Waals surface area contributed by atoms with E-state index in [0.29, 0.717) is 30.2 Å². The van der Waals surface area contributed by atoms with Crippen molar-refractivity contribution in [2.75, 3.05) is 30.3 Å². The molecule has 0 radical (unpaired) electrons. The number of rotatable bonds is 7. The summed E-state index contributed by atoms with van der Waals surface area (Å²) in [5.74, 6) is 1.65. The average molecular weight is 447 g/mol. The van der Waals surface area contributed by atoms with Crippen LogP contribution in [0.2, 0.25) is 0 Å². The summed E-state index contributed by atoms with van der Waals surface area (Å²) in [6.45, 7) is 3.90. The summed E-state index contributed by atoms with van der Waals surface area (Å²) in [7, 11) is 1.60. The van der Waals surface area contributed by atoms with Crippen LogP contribution in [0.4, 0.5) is 5.69 Å². The van der Waals surface area contributed by atoms with Gasteiger partial charge in [-0.15, -0.1) is 11.8 Å². The highest BCUT2D eigenvalue weighted by atomic mass is 32.2. The molecule has 1 N–H and O–H groups in total. The van der Waals surface area contributed by atoms with E-state index in [1.165, 1.54) is 11.8 Å². The van der Waals surface area contributed by atoms with Crippen LogP contribution in [-0.2, 0) is 16.0 Å². The van der Waals surface area contributed by atoms with Crippen LogP contribution in [-0.4, -0.2) is 57.7 Å². The zero-order valence-electron chi connectivity index (χ0n) is 17.6. The van der Waals surface area contributed by atoms with Crippen molar-refractivity contribution in [3.05, 3.63) is 41.2 Å². The van der Waals surface area contributed by atoms with Crippen molar-refractivity contribution in [3.8, 4) is 5.75 Å². The van der Waals surface area contributed by atoms with Crippen molar-refractivity contribution in [3.63, 3.8) is 0 Å². The number of carbonyl (C=O) groups is 2. The van der Waals surface area contributed by atoms with Gasteiger partial charge in [0.05, 0.1) is 13.0 Å². The van der Waals surface area contributed by atoms with Gasteiger partial charge in [-0.3, -0.25) is 9.59 Å². The Morgan fingerprint density at radius 2 is 1.90 bits per heavy atom. The van der Waals surface area contributed by atoms with Gasteiger partial charge in [-0.05, 0) is 56.4 Å². The first kappa shape index (κ1) is 22.4. The van der Waals surface area contributed by atoms with Gasteiger partial charge in [0.15, 0.2) is 5.16 Å². The molecule has 0 saturated carbocycles. The second-order valence-electron chi connectivity index (χ2n) is 6.96. The number of aromatic nitrogens is 2. The van der Waals surface area contributed by atoms with Gasteiger partial charge in [0.1, 0.15) is 11.8 Å². The van der Waals surface area contributed by atoms with E-state index in [1.807, 2.05) is 20.1 Å². The highest BCUT2D eigenvalue weighted by molar-refractivity contribution is 7.99. The standard InChI is InChI=1S/C21H26N4O3S2/c1-13-17(14(2)23-21(22-13)29-4)9-10-19(26)25-12-30-11-18(25)20(27)24-15-5-7-16(28-3)8-6-15/h5-8,18H,9-12H2,1-4H3,(H,24,27). The summed E-state index contributed by atoms with van der Waals surface area (Å²) < 4.78 is 5.14. The summed E-state index contributed by atoms with van der Waals surface area (Å²) in [5.41, 5.74) is 3.50. The Labute approximate surface area is 185 Å². The molecule has 1 aliphatic heterocycles. The molecule has 0 bridgehead atoms. The maximum atomic E-state index is 12.9. The van der Waals surface area contributed by atoms with Crippen molar-refractivity contribution in [1.29, 1.82) is 0 Å². The molecule has 0 spiro atoms. The van der Waals surface area contributed by atoms with Crippen molar-refractivity contribution >= 4 is 41.0 Å². The molecular weight excluding hydrogens is 420 g/mol. The molecule has 2 aromatic rings. The Bertz CT molecular complexity index is 898. The second kappa shape index (κ2) is 10.2. The molecule has 1 atom stereocenters. The molecule has 160 valence electrons. The average Bonchev–Trinajstić information content (AvgIpc) is 3.23. The minimum absolute atomic E-state index is 0.0253. The molecule has 3 rings (SSSR count). The van der Waals surface area contributed by atoms with Crippen LogP contribution < -0.4 is 10.1 Å². The number of hydrogen-bond donors (Lipinski definition) is 1. The number of anilines is 1. The Morgan fingerprint density at radius 3 is 2.50 bits per heavy atom. The number of benzene rings is 1. The third kappa shape index (κ3) is 5.26. The lowest BCUT2D eigenvalue weighted by molar-refractivity contribution is -0.136. The van der Waals surface area contributed by atoms with Crippen molar-refractivity contribution < 1.29 is 14.3 Å². The first-order valence-electron chi connectivity index (χ1n) is 9.63. The Balaban J connectivity index is 1.62. The SMILES string of the molecule is COc1ccc(NC(=O)C2CSCN2C(=O)CCc2c(C)nc(SC)nc2C)cc1. The monoisotopic (exact) mass is 446 g/mol. The Kier molecular flexibility index (Phi) is 7.60. The normalized spacial score (nSPS) is 15.9. The Hall–Kier alpha value is -2.26. The van der Waals surface area contributed by atoms with Crippen LogP contribution in [0.25, 0.3) is 0 Å². The number of thioether (sulfide) groups is 2. The van der Waals surface area contributed by atoms with Crippen molar-refractivity contribution in [2.45, 2.75) is 37.9 Å². The van der Waals surface area contributed by atoms with Gasteiger partial charge in [-0.1, -0.05) is 11.8 Å². The van der Waals surface area contributed by atoms with E-state index in [4.69, 9.17) is 4.74 Å². The fourth-order valence-corrected chi connectivity index (χ4v) is 4.98. The summed E-state index contributed by atoms with van der Waals surface area (Å²) in [5, 5.41) is 3.64. The molecule has 7 nitrogen and oxygen atoms in total. The molecule has 9 heteroatoms. The van der Waals surface area contributed by atoms with Crippen molar-refractivity contribution in [2.24, 2.45) is 0 Å². The third-order valence-electron chi connectivity index (χ3n) is 5.03. The molecule has 1 aliphatic rings. The van der Waals surface area contributed by atoms with Gasteiger partial charge in [-0.2, -0.15) is 0 Å². The van der Waals surface area contributed by atoms with Crippen LogP contribution in [0.3, 0.4) is 0 Å². The lowest BCUT2D eigenvalue weighted by Crippen LogP contribution is -2.44. The first-order valence-corrected chi connectivity index (χ1v) is 12.0. The molecule has 1 aromatic carbocycles. The number of nitrogens with one attached hydrogen (secondary N) is 1. The van der Waals surface area contributed by atoms with E-state index in [2.05, 4.69) is 15.3 Å². The number of amides is 2. The summed E-state index contributed by atoms with van der Waals surface area (Å²) in [6, 6.07) is 6.68. The molecule has 1 saturated heterocycles. The van der Waals surface area contributed by atoms with Gasteiger partial charge in [0.2, 0.25) is 11.8 Å². The first-order chi connectivity index (χ1) is 14.4. The highest BCUT2D eigenvalue weighted by Gasteiger charge is 2.34. The van der Waals surface area contributed by atoms with Gasteiger partial charge in [0.25, 0.3) is 0 Å². The third-order valence-corrected chi connectivity index (χ3v) is 6.59. The number of ether oxygens (including phenoxy) is 1. The second-order valence-corrected chi connectivity index (χ2v) is 8.73. The largest absolute Gasteiger partial charge is 0.497 e. The lowest BCUT2D eigenvalue weighted by atomic mass is 10.1. The van der Waals surface area contributed by atoms with E-state index in [-0.39, 0.29) is 11.8 Å². The van der Waals surface area contributed by atoms with Crippen molar-refractivity contribution in [1.82, 2.24) is 14.9 Å². The molecule has 1 unspecified atom stereocenters. The predicted molar refractivity (Wildman–Crippen MR) is 121 cm³/mol. The molecule has 1 fully saturated rings. The van der Waals surface area contributed by atoms with Gasteiger partial charge < -0.3 is 15.0 Å². The minimum Gasteiger partial charge on any atom is -0.497 e. The minimum atomic E-state index is -0.470. The number of carbonyl (C=O) groups excluding carboxylic acids is 2. The zero-order valence-corrected chi connectivity index (χ0v) is 19.2. The fourth-order valence-electron chi connectivity index (χ4n) is 3.34. The van der Waals surface area contributed by atoms with Crippen LogP contribution in [0.5, 0.6) is 5.75 Å². The number of nitrogens with zero attached hydrogens (tertiary/aromatic N) is 3. The zero-order chi connectivity index (χ0) is 21.7. The number of methoxy groups -OCH3 is 1. The lowest BCUT2D eigenvalue weighted by Gasteiger charge is -2.23. The van der Waals surface area contributed by atoms with Gasteiger partial charge >= 0.3 is 0 Å². The van der Waals surface area contributed by atoms with Crippen LogP contribution >= 0.6 is 23.5 Å². The smallest absolute Gasteiger partial charge is 0.248 e. The maximum Gasteiger partial charge on any atom is 0.248 e. The van der Waals surface area contributed by atoms with Gasteiger partial charge in [-0.25, -0.2) is 9.97 Å². The van der Waals surface area contributed by atoms with E-state index in [9.17, 15) is 9.59 Å². The summed E-state index contributed by atoms with van der Waals surface area (Å²) >= 11 is 3.10. The molecule has 30 heavy (non-hydrogen) atoms. The van der Waals surface area contributed by atoms with E-state index < -0.39 is 6.04 Å². The quantitative estimate of drug-likeness (QED) is 0.516. The Morgan fingerprint density at radius 1 is 1.23 bits per heavy atom. The summed E-state index contributed by atoms with van der Waals surface area (Å²) in [4.78, 5) is 36.3. The maximum absolute atomic E-state index is 12.9. The van der Waals surface area contributed by atoms with Gasteiger partial charge in [0, 0.05) is 29.2 Å². The number of hydrogen-bond acceptors (Lipinski definition) is 7. The van der Waals surface area contributed by atoms with E-state index in [1.54, 1.807) is 48.0 Å². The van der Waals surface area contributed by atoms with E-state index >= 15 is 0 Å². The molecule has 2 amide bonds. The highest BCUT2D eigenvalue weighted by Crippen LogP contribution is 2.25. The molecule has 2 heterocycles. The van der Waals surface area contributed by atoms with E-state index in [0.717, 1.165) is 27.9 Å². The molecule has 1 aromatic heterocycles. The molecular formula is C21H26N4O3S2. The summed E-state index contributed by atoms with van der Waals surface area (Å²) in [6.07, 6.45) is 2.84. The van der Waals surface area contributed by atoms with Crippen LogP contribution in [0.15, 0.2) is 29.4 Å².